The summed E-state index contributed by atoms with van der Waals surface area (Å²) in [6.07, 6.45) is 1.07. The van der Waals surface area contributed by atoms with Gasteiger partial charge >= 0.3 is 0 Å². The van der Waals surface area contributed by atoms with E-state index in [0.29, 0.717) is 0 Å². The van der Waals surface area contributed by atoms with Crippen molar-refractivity contribution in [3.05, 3.63) is 30.3 Å². The Bertz CT molecular complexity index is 412. The molecule has 5 heteroatoms. The first-order valence-electron chi connectivity index (χ1n) is 7.17. The Labute approximate surface area is 146 Å². The number of anilines is 1. The zero-order chi connectivity index (χ0) is 15.0. The van der Waals surface area contributed by atoms with Crippen molar-refractivity contribution in [2.45, 2.75) is 32.7 Å². The van der Waals surface area contributed by atoms with Crippen LogP contribution >= 0.6 is 24.0 Å². The minimum Gasteiger partial charge on any atom is -0.375 e. The minimum absolute atomic E-state index is 0. The Kier molecular flexibility index (Phi) is 9.41. The highest BCUT2D eigenvalue weighted by Crippen LogP contribution is 2.10. The van der Waals surface area contributed by atoms with Crippen LogP contribution in [0.3, 0.4) is 0 Å². The van der Waals surface area contributed by atoms with Crippen LogP contribution in [-0.2, 0) is 0 Å². The van der Waals surface area contributed by atoms with Crippen LogP contribution in [0.4, 0.5) is 5.69 Å². The van der Waals surface area contributed by atoms with Crippen LogP contribution in [0.5, 0.6) is 0 Å². The smallest absolute Gasteiger partial charge is 0.191 e. The fourth-order valence-corrected chi connectivity index (χ4v) is 1.87. The summed E-state index contributed by atoms with van der Waals surface area (Å²) in [7, 11) is 3.93. The van der Waals surface area contributed by atoms with Crippen molar-refractivity contribution in [1.82, 2.24) is 10.6 Å². The van der Waals surface area contributed by atoms with Gasteiger partial charge in [0.15, 0.2) is 5.96 Å². The summed E-state index contributed by atoms with van der Waals surface area (Å²) in [5.74, 6) is 0.861. The highest BCUT2D eigenvalue weighted by Gasteiger charge is 2.11. The normalized spacial score (nSPS) is 11.6. The number of para-hydroxylation sites is 1. The summed E-state index contributed by atoms with van der Waals surface area (Å²) < 4.78 is 0. The summed E-state index contributed by atoms with van der Waals surface area (Å²) in [6.45, 7) is 8.31. The van der Waals surface area contributed by atoms with Crippen LogP contribution in [-0.4, -0.2) is 38.7 Å². The molecule has 2 N–H and O–H groups in total. The van der Waals surface area contributed by atoms with Crippen molar-refractivity contribution in [3.8, 4) is 0 Å². The van der Waals surface area contributed by atoms with E-state index in [-0.39, 0.29) is 29.5 Å². The first-order chi connectivity index (χ1) is 9.42. The first kappa shape index (κ1) is 20.0. The molecular formula is C16H29IN4. The lowest BCUT2D eigenvalue weighted by atomic mass is 10.1. The predicted molar refractivity (Wildman–Crippen MR) is 104 cm³/mol. The van der Waals surface area contributed by atoms with Crippen LogP contribution in [0.25, 0.3) is 0 Å². The van der Waals surface area contributed by atoms with Gasteiger partial charge in [-0.3, -0.25) is 4.99 Å². The predicted octanol–water partition coefficient (Wildman–Crippen LogP) is 3.09. The monoisotopic (exact) mass is 404 g/mol. The van der Waals surface area contributed by atoms with Crippen LogP contribution < -0.4 is 15.5 Å². The van der Waals surface area contributed by atoms with E-state index in [9.17, 15) is 0 Å². The van der Waals surface area contributed by atoms with E-state index in [1.165, 1.54) is 5.69 Å². The molecule has 0 saturated heterocycles. The Balaban J connectivity index is 0.00000400. The number of benzene rings is 1. The first-order valence-corrected chi connectivity index (χ1v) is 7.17. The number of hydrogen-bond donors (Lipinski definition) is 2. The van der Waals surface area contributed by atoms with Gasteiger partial charge in [0.05, 0.1) is 0 Å². The van der Waals surface area contributed by atoms with Gasteiger partial charge in [-0.2, -0.15) is 0 Å². The average Bonchev–Trinajstić information content (AvgIpc) is 2.41. The summed E-state index contributed by atoms with van der Waals surface area (Å²) in [5.41, 5.74) is 1.28. The highest BCUT2D eigenvalue weighted by molar-refractivity contribution is 14.0. The van der Waals surface area contributed by atoms with Crippen molar-refractivity contribution < 1.29 is 0 Å². The van der Waals surface area contributed by atoms with Crippen LogP contribution in [0, 0.1) is 0 Å². The van der Waals surface area contributed by atoms with E-state index < -0.39 is 0 Å². The number of guanidine groups is 1. The van der Waals surface area contributed by atoms with Crippen molar-refractivity contribution >= 4 is 35.6 Å². The number of halogens is 1. The van der Waals surface area contributed by atoms with Crippen LogP contribution in [0.1, 0.15) is 27.2 Å². The summed E-state index contributed by atoms with van der Waals surface area (Å²) in [5, 5.41) is 6.70. The van der Waals surface area contributed by atoms with Gasteiger partial charge in [-0.15, -0.1) is 24.0 Å². The molecule has 0 aliphatic carbocycles. The molecule has 0 bridgehead atoms. The molecular weight excluding hydrogens is 375 g/mol. The zero-order valence-electron chi connectivity index (χ0n) is 13.8. The topological polar surface area (TPSA) is 39.7 Å². The van der Waals surface area contributed by atoms with Crippen molar-refractivity contribution in [3.63, 3.8) is 0 Å². The van der Waals surface area contributed by atoms with E-state index in [4.69, 9.17) is 0 Å². The van der Waals surface area contributed by atoms with Crippen LogP contribution in [0.15, 0.2) is 35.3 Å². The van der Waals surface area contributed by atoms with E-state index in [2.05, 4.69) is 72.6 Å². The maximum atomic E-state index is 4.23. The minimum atomic E-state index is 0. The Morgan fingerprint density at radius 1 is 1.19 bits per heavy atom. The molecule has 4 nitrogen and oxygen atoms in total. The molecule has 0 aliphatic heterocycles. The molecule has 0 spiro atoms. The lowest BCUT2D eigenvalue weighted by molar-refractivity contribution is 0.501. The third-order valence-electron chi connectivity index (χ3n) is 2.88. The standard InChI is InChI=1S/C16H28N4.HI/c1-16(2,3)19-15(17-4)18-12-9-13-20(5)14-10-7-6-8-11-14;/h6-8,10-11H,9,12-13H2,1-5H3,(H2,17,18,19);1H. The molecule has 0 aromatic heterocycles. The number of nitrogens with zero attached hydrogens (tertiary/aromatic N) is 2. The molecule has 0 saturated carbocycles. The largest absolute Gasteiger partial charge is 0.375 e. The molecule has 1 rings (SSSR count). The van der Waals surface area contributed by atoms with Crippen molar-refractivity contribution in [2.75, 3.05) is 32.1 Å². The van der Waals surface area contributed by atoms with E-state index >= 15 is 0 Å². The van der Waals surface area contributed by atoms with Crippen LogP contribution in [0.2, 0.25) is 0 Å². The number of nitrogens with one attached hydrogen (secondary N) is 2. The van der Waals surface area contributed by atoms with E-state index in [1.807, 2.05) is 6.07 Å². The van der Waals surface area contributed by atoms with Gasteiger partial charge in [-0.05, 0) is 39.3 Å². The molecule has 120 valence electrons. The number of hydrogen-bond acceptors (Lipinski definition) is 2. The fourth-order valence-electron chi connectivity index (χ4n) is 1.87. The molecule has 0 aliphatic rings. The summed E-state index contributed by atoms with van der Waals surface area (Å²) in [6, 6.07) is 10.4. The van der Waals surface area contributed by atoms with Gasteiger partial charge in [-0.1, -0.05) is 18.2 Å². The van der Waals surface area contributed by atoms with Gasteiger partial charge < -0.3 is 15.5 Å². The third-order valence-corrected chi connectivity index (χ3v) is 2.88. The second-order valence-electron chi connectivity index (χ2n) is 5.98. The number of rotatable bonds is 5. The summed E-state index contributed by atoms with van der Waals surface area (Å²) >= 11 is 0. The quantitative estimate of drug-likeness (QED) is 0.343. The van der Waals surface area contributed by atoms with E-state index in [1.54, 1.807) is 7.05 Å². The highest BCUT2D eigenvalue weighted by atomic mass is 127. The van der Waals surface area contributed by atoms with Gasteiger partial charge in [0, 0.05) is 38.4 Å². The van der Waals surface area contributed by atoms with Gasteiger partial charge in [-0.25, -0.2) is 0 Å². The lowest BCUT2D eigenvalue weighted by Gasteiger charge is -2.24. The van der Waals surface area contributed by atoms with Gasteiger partial charge in [0.25, 0.3) is 0 Å². The van der Waals surface area contributed by atoms with Crippen molar-refractivity contribution in [1.29, 1.82) is 0 Å². The third kappa shape index (κ3) is 8.80. The molecule has 0 fully saturated rings. The second kappa shape index (κ2) is 9.87. The van der Waals surface area contributed by atoms with Gasteiger partial charge in [0.1, 0.15) is 0 Å². The molecule has 0 amide bonds. The molecule has 1 aromatic carbocycles. The Morgan fingerprint density at radius 3 is 2.33 bits per heavy atom. The van der Waals surface area contributed by atoms with E-state index in [0.717, 1.165) is 25.5 Å². The Morgan fingerprint density at radius 2 is 1.81 bits per heavy atom. The second-order valence-corrected chi connectivity index (χ2v) is 5.98. The molecule has 0 heterocycles. The summed E-state index contributed by atoms with van der Waals surface area (Å²) in [4.78, 5) is 6.49. The maximum absolute atomic E-state index is 4.23. The molecule has 0 unspecified atom stereocenters. The molecule has 0 radical (unpaired) electrons. The fraction of sp³-hybridized carbons (Fsp3) is 0.562. The molecule has 21 heavy (non-hydrogen) atoms. The van der Waals surface area contributed by atoms with Crippen molar-refractivity contribution in [2.24, 2.45) is 4.99 Å². The molecule has 1 aromatic rings. The number of aliphatic imine (C=N–C) groups is 1. The average molecular weight is 404 g/mol. The zero-order valence-corrected chi connectivity index (χ0v) is 16.1. The SMILES string of the molecule is CN=C(NCCCN(C)c1ccccc1)NC(C)(C)C.I. The molecule has 0 atom stereocenters. The lowest BCUT2D eigenvalue weighted by Crippen LogP contribution is -2.48. The Hall–Kier alpha value is -0.980. The maximum Gasteiger partial charge on any atom is 0.191 e. The van der Waals surface area contributed by atoms with Gasteiger partial charge in [0.2, 0.25) is 0 Å².